The summed E-state index contributed by atoms with van der Waals surface area (Å²) in [7, 11) is 2.52. The molecule has 2 aromatic rings. The minimum absolute atomic E-state index is 0.0852. The number of fused-ring (bicyclic) bond motifs is 3. The van der Waals surface area contributed by atoms with Crippen molar-refractivity contribution < 1.29 is 24.1 Å². The van der Waals surface area contributed by atoms with Crippen molar-refractivity contribution in [2.75, 3.05) is 20.3 Å². The molecule has 27 heavy (non-hydrogen) atoms. The van der Waals surface area contributed by atoms with Crippen LogP contribution in [0.5, 0.6) is 0 Å². The van der Waals surface area contributed by atoms with Crippen molar-refractivity contribution >= 4 is 19.3 Å². The third-order valence-electron chi connectivity index (χ3n) is 4.40. The predicted octanol–water partition coefficient (Wildman–Crippen LogP) is 2.43. The summed E-state index contributed by atoms with van der Waals surface area (Å²) in [5.41, 5.74) is 4.43. The van der Waals surface area contributed by atoms with E-state index in [4.69, 9.17) is 4.74 Å². The minimum atomic E-state index is -1.20. The second-order valence-electron chi connectivity index (χ2n) is 6.07. The molecule has 0 radical (unpaired) electrons. The van der Waals surface area contributed by atoms with Gasteiger partial charge in [-0.1, -0.05) is 0 Å². The van der Waals surface area contributed by atoms with Crippen LogP contribution in [0.15, 0.2) is 53.4 Å². The number of carbonyl (C=O) groups excluding carboxylic acids is 1. The number of hydrogen-bond donors (Lipinski definition) is 2. The number of ether oxygens (including phenoxy) is 1. The number of hydrogen-bond acceptors (Lipinski definition) is 5. The fraction of sp³-hybridized carbons (Fsp3) is 0.263. The van der Waals surface area contributed by atoms with Crippen LogP contribution >= 0.6 is 0 Å². The number of amides is 1. The standard InChI is InChI=1S/C19H19BN2O5/c1-26-20-21-10-17(18(23)24)22-19(25)27-11-16-14-8-4-2-6-12(14)13-7-3-5-9-15(13)16/h2-9,16-17H,10-11H2,1H3,(H,22,25)(H,23,24). The number of nitrogens with zero attached hydrogens (tertiary/aromatic N) is 1. The van der Waals surface area contributed by atoms with Crippen molar-refractivity contribution in [3.63, 3.8) is 0 Å². The molecule has 1 aliphatic rings. The zero-order chi connectivity index (χ0) is 19.2. The summed E-state index contributed by atoms with van der Waals surface area (Å²) in [5.74, 6) is -1.28. The second kappa shape index (κ2) is 8.48. The molecule has 1 aliphatic carbocycles. The Bertz CT molecular complexity index is 825. The van der Waals surface area contributed by atoms with Gasteiger partial charge >= 0.3 is 157 Å². The fourth-order valence-electron chi connectivity index (χ4n) is 3.19. The summed E-state index contributed by atoms with van der Waals surface area (Å²) < 4.78 is 9.96. The van der Waals surface area contributed by atoms with E-state index >= 15 is 0 Å². The van der Waals surface area contributed by atoms with Gasteiger partial charge in [0, 0.05) is 0 Å². The van der Waals surface area contributed by atoms with Crippen LogP contribution in [0.4, 0.5) is 4.79 Å². The van der Waals surface area contributed by atoms with Crippen molar-refractivity contribution in [3.05, 3.63) is 59.7 Å². The summed E-state index contributed by atoms with van der Waals surface area (Å²) >= 11 is 0. The first-order valence-electron chi connectivity index (χ1n) is 8.47. The average Bonchev–Trinajstić information content (AvgIpc) is 2.99. The molecule has 0 saturated heterocycles. The Labute approximate surface area is 157 Å². The fourth-order valence-corrected chi connectivity index (χ4v) is 3.19. The number of rotatable bonds is 7. The third kappa shape index (κ3) is 4.16. The summed E-state index contributed by atoms with van der Waals surface area (Å²) in [6, 6.07) is 14.8. The van der Waals surface area contributed by atoms with E-state index in [0.717, 1.165) is 29.5 Å². The SMILES string of the molecule is COB=NCC(NC(=O)OCC1c2ccccc2-c2ccccc21)C(=O)O. The molecule has 2 aromatic carbocycles. The van der Waals surface area contributed by atoms with Crippen LogP contribution < -0.4 is 5.32 Å². The second-order valence-corrected chi connectivity index (χ2v) is 6.07. The molecule has 1 atom stereocenters. The Morgan fingerprint density at radius 1 is 1.15 bits per heavy atom. The van der Waals surface area contributed by atoms with Crippen molar-refractivity contribution in [2.24, 2.45) is 4.90 Å². The number of carboxylic acid groups (broad SMARTS) is 1. The molecular weight excluding hydrogens is 347 g/mol. The maximum absolute atomic E-state index is 12.1. The van der Waals surface area contributed by atoms with Crippen LogP contribution in [-0.4, -0.2) is 50.7 Å². The Hall–Kier alpha value is -3.16. The van der Waals surface area contributed by atoms with Gasteiger partial charge in [-0.3, -0.25) is 0 Å². The first kappa shape index (κ1) is 18.6. The van der Waals surface area contributed by atoms with Gasteiger partial charge in [0.2, 0.25) is 0 Å². The third-order valence-corrected chi connectivity index (χ3v) is 4.40. The van der Waals surface area contributed by atoms with Crippen molar-refractivity contribution in [1.29, 1.82) is 0 Å². The van der Waals surface area contributed by atoms with Crippen molar-refractivity contribution in [3.8, 4) is 11.1 Å². The van der Waals surface area contributed by atoms with E-state index in [1.165, 1.54) is 7.11 Å². The first-order valence-corrected chi connectivity index (χ1v) is 8.47. The van der Waals surface area contributed by atoms with Gasteiger partial charge in [-0.15, -0.1) is 0 Å². The van der Waals surface area contributed by atoms with Gasteiger partial charge in [-0.25, -0.2) is 0 Å². The van der Waals surface area contributed by atoms with E-state index in [2.05, 4.69) is 14.9 Å². The topological polar surface area (TPSA) is 97.2 Å². The number of carbonyl (C=O) groups is 2. The van der Waals surface area contributed by atoms with Crippen molar-refractivity contribution in [1.82, 2.24) is 5.32 Å². The van der Waals surface area contributed by atoms with Gasteiger partial charge in [-0.05, 0) is 0 Å². The van der Waals surface area contributed by atoms with Gasteiger partial charge in [-0.2, -0.15) is 0 Å². The van der Waals surface area contributed by atoms with Crippen LogP contribution in [-0.2, 0) is 14.2 Å². The van der Waals surface area contributed by atoms with E-state index in [0.29, 0.717) is 0 Å². The molecule has 0 saturated carbocycles. The van der Waals surface area contributed by atoms with E-state index in [1.54, 1.807) is 0 Å². The van der Waals surface area contributed by atoms with Crippen LogP contribution in [0.3, 0.4) is 0 Å². The Balaban J connectivity index is 1.67. The quantitative estimate of drug-likeness (QED) is 0.734. The van der Waals surface area contributed by atoms with Gasteiger partial charge in [0.25, 0.3) is 0 Å². The number of carboxylic acids is 1. The van der Waals surface area contributed by atoms with Crippen LogP contribution in [0.2, 0.25) is 0 Å². The predicted molar refractivity (Wildman–Crippen MR) is 99.7 cm³/mol. The zero-order valence-electron chi connectivity index (χ0n) is 14.8. The molecule has 0 aliphatic heterocycles. The maximum atomic E-state index is 12.1. The average molecular weight is 366 g/mol. The molecule has 1 unspecified atom stereocenters. The molecule has 3 rings (SSSR count). The first-order chi connectivity index (χ1) is 13.1. The van der Waals surface area contributed by atoms with Gasteiger partial charge in [0.15, 0.2) is 0 Å². The van der Waals surface area contributed by atoms with E-state index in [9.17, 15) is 14.7 Å². The Morgan fingerprint density at radius 3 is 2.30 bits per heavy atom. The molecule has 0 heterocycles. The molecule has 0 bridgehead atoms. The number of alkyl carbamates (subject to hydrolysis) is 1. The number of nitrogens with one attached hydrogen (secondary N) is 1. The summed E-state index contributed by atoms with van der Waals surface area (Å²) in [6.07, 6.45) is -0.795. The van der Waals surface area contributed by atoms with E-state index in [1.807, 2.05) is 48.5 Å². The molecule has 7 nitrogen and oxygen atoms in total. The number of benzene rings is 2. The Morgan fingerprint density at radius 2 is 1.74 bits per heavy atom. The summed E-state index contributed by atoms with van der Waals surface area (Å²) in [4.78, 5) is 27.1. The molecule has 2 N–H and O–H groups in total. The number of aliphatic carboxylic acids is 1. The van der Waals surface area contributed by atoms with Gasteiger partial charge < -0.3 is 0 Å². The summed E-state index contributed by atoms with van der Waals surface area (Å²) in [5, 5.41) is 11.5. The molecule has 138 valence electrons. The molecule has 1 amide bonds. The molecule has 0 fully saturated rings. The zero-order valence-corrected chi connectivity index (χ0v) is 14.8. The monoisotopic (exact) mass is 366 g/mol. The van der Waals surface area contributed by atoms with Gasteiger partial charge in [0.05, 0.1) is 0 Å². The molecular formula is C19H19BN2O5. The normalized spacial score (nSPS) is 13.4. The van der Waals surface area contributed by atoms with E-state index < -0.39 is 18.1 Å². The molecule has 0 spiro atoms. The van der Waals surface area contributed by atoms with Crippen molar-refractivity contribution in [2.45, 2.75) is 12.0 Å². The van der Waals surface area contributed by atoms with Gasteiger partial charge in [0.1, 0.15) is 0 Å². The van der Waals surface area contributed by atoms with E-state index in [-0.39, 0.29) is 19.1 Å². The van der Waals surface area contributed by atoms with Crippen LogP contribution in [0.1, 0.15) is 17.0 Å². The van der Waals surface area contributed by atoms with Crippen LogP contribution in [0, 0.1) is 0 Å². The van der Waals surface area contributed by atoms with Crippen LogP contribution in [0.25, 0.3) is 11.1 Å². The molecule has 8 heteroatoms. The Kier molecular flexibility index (Phi) is 5.85. The summed E-state index contributed by atoms with van der Waals surface area (Å²) in [6.45, 7) is -0.0269. The molecule has 0 aromatic heterocycles.